The van der Waals surface area contributed by atoms with Crippen LogP contribution in [0.15, 0.2) is 69.5 Å². The number of hydrogen-bond donors (Lipinski definition) is 0. The van der Waals surface area contributed by atoms with Crippen molar-refractivity contribution in [1.29, 1.82) is 0 Å². The standard InChI is InChI=1S/2C18H19O.2ClH.Zr/c2*1-12-8-9-17(19-12)14-10-13-6-5-7-16(15(13)11-14)18(2,3)4;;;/h2*5-11H,1-4H3;2*1H;/q;;;;+2/p-2. The molecule has 5 heteroatoms. The van der Waals surface area contributed by atoms with Gasteiger partial charge in [-0.15, -0.1) is 0 Å². The molecule has 2 unspecified atom stereocenters. The van der Waals surface area contributed by atoms with Gasteiger partial charge in [0.05, 0.1) is 0 Å². The number of allylic oxidation sites excluding steroid dienone is 2. The van der Waals surface area contributed by atoms with E-state index in [1.165, 1.54) is 44.5 Å². The molecule has 0 aliphatic heterocycles. The van der Waals surface area contributed by atoms with Crippen LogP contribution < -0.4 is 24.8 Å². The minimum atomic E-state index is -1.19. The molecule has 0 amide bonds. The monoisotopic (exact) mass is 662 g/mol. The molecule has 6 rings (SSSR count). The van der Waals surface area contributed by atoms with Crippen molar-refractivity contribution in [2.24, 2.45) is 0 Å². The van der Waals surface area contributed by atoms with Crippen LogP contribution in [0.3, 0.4) is 0 Å². The van der Waals surface area contributed by atoms with Crippen LogP contribution in [-0.4, -0.2) is 0 Å². The fourth-order valence-corrected chi connectivity index (χ4v) is 11.2. The van der Waals surface area contributed by atoms with Crippen molar-refractivity contribution in [1.82, 2.24) is 0 Å². The first-order valence-electron chi connectivity index (χ1n) is 14.0. The maximum absolute atomic E-state index is 6.29. The van der Waals surface area contributed by atoms with Gasteiger partial charge >= 0.3 is 246 Å². The number of halogens is 2. The Hall–Kier alpha value is -2.06. The van der Waals surface area contributed by atoms with Gasteiger partial charge < -0.3 is 24.8 Å². The molecule has 2 nitrogen and oxygen atoms in total. The molecule has 0 spiro atoms. The van der Waals surface area contributed by atoms with Gasteiger partial charge in [-0.2, -0.15) is 0 Å². The van der Waals surface area contributed by atoms with Crippen LogP contribution >= 0.6 is 0 Å². The van der Waals surface area contributed by atoms with E-state index in [1.807, 2.05) is 13.8 Å². The maximum Gasteiger partial charge on any atom is -1.00 e. The molecule has 0 bridgehead atoms. The summed E-state index contributed by atoms with van der Waals surface area (Å²) in [5.74, 6) is 3.98. The molecule has 0 N–H and O–H groups in total. The van der Waals surface area contributed by atoms with Crippen LogP contribution in [0.1, 0.15) is 105 Å². The summed E-state index contributed by atoms with van der Waals surface area (Å²) in [7, 11) is 0. The molecule has 2 atom stereocenters. The minimum Gasteiger partial charge on any atom is -1.00 e. The van der Waals surface area contributed by atoms with Gasteiger partial charge in [-0.05, 0) is 0 Å². The summed E-state index contributed by atoms with van der Waals surface area (Å²) in [5, 5.41) is 0. The Morgan fingerprint density at radius 2 is 0.951 bits per heavy atom. The van der Waals surface area contributed by atoms with E-state index in [2.05, 4.69) is 114 Å². The van der Waals surface area contributed by atoms with Crippen LogP contribution in [0.2, 0.25) is 0 Å². The molecule has 212 valence electrons. The van der Waals surface area contributed by atoms with Crippen LogP contribution in [0.5, 0.6) is 0 Å². The van der Waals surface area contributed by atoms with E-state index in [0.717, 1.165) is 23.0 Å². The number of furan rings is 2. The average molecular weight is 665 g/mol. The third-order valence-electron chi connectivity index (χ3n) is 8.12. The Kier molecular flexibility index (Phi) is 8.98. The second kappa shape index (κ2) is 11.6. The van der Waals surface area contributed by atoms with Gasteiger partial charge in [0, 0.05) is 0 Å². The minimum absolute atomic E-state index is 0. The first kappa shape index (κ1) is 31.9. The van der Waals surface area contributed by atoms with Crippen LogP contribution in [-0.2, 0) is 34.1 Å². The summed E-state index contributed by atoms with van der Waals surface area (Å²) in [6.07, 6.45) is 4.89. The topological polar surface area (TPSA) is 26.3 Å². The van der Waals surface area contributed by atoms with Gasteiger partial charge in [0.1, 0.15) is 0 Å². The van der Waals surface area contributed by atoms with E-state index < -0.39 is 23.2 Å². The summed E-state index contributed by atoms with van der Waals surface area (Å²) in [5.41, 5.74) is 11.5. The number of hydrogen-bond acceptors (Lipinski definition) is 2. The fraction of sp³-hybridized carbons (Fsp3) is 0.333. The van der Waals surface area contributed by atoms with Crippen molar-refractivity contribution in [3.8, 4) is 0 Å². The second-order valence-electron chi connectivity index (χ2n) is 13.2. The van der Waals surface area contributed by atoms with E-state index in [9.17, 15) is 0 Å². The van der Waals surface area contributed by atoms with Gasteiger partial charge in [-0.3, -0.25) is 0 Å². The molecule has 2 heterocycles. The molecule has 0 radical (unpaired) electrons. The maximum atomic E-state index is 6.29. The van der Waals surface area contributed by atoms with Crippen LogP contribution in [0.4, 0.5) is 0 Å². The molecule has 41 heavy (non-hydrogen) atoms. The van der Waals surface area contributed by atoms with Gasteiger partial charge in [0.15, 0.2) is 0 Å². The predicted octanol–water partition coefficient (Wildman–Crippen LogP) is 4.07. The van der Waals surface area contributed by atoms with Gasteiger partial charge in [-0.25, -0.2) is 0 Å². The van der Waals surface area contributed by atoms with Gasteiger partial charge in [0.2, 0.25) is 0 Å². The predicted molar refractivity (Wildman–Crippen MR) is 158 cm³/mol. The molecule has 0 saturated carbocycles. The van der Waals surface area contributed by atoms with Gasteiger partial charge in [-0.1, -0.05) is 0 Å². The van der Waals surface area contributed by atoms with E-state index in [0.29, 0.717) is 7.25 Å². The molecule has 2 aliphatic carbocycles. The number of rotatable bonds is 4. The van der Waals surface area contributed by atoms with Crippen molar-refractivity contribution < 1.29 is 56.9 Å². The van der Waals surface area contributed by atoms with E-state index in [-0.39, 0.29) is 35.6 Å². The second-order valence-corrected chi connectivity index (χ2v) is 16.8. The molecule has 4 aromatic rings. The van der Waals surface area contributed by atoms with Crippen LogP contribution in [0.25, 0.3) is 23.3 Å². The summed E-state index contributed by atoms with van der Waals surface area (Å²) in [4.78, 5) is 0. The number of fused-ring (bicyclic) bond motifs is 2. The molecule has 2 aliphatic rings. The summed E-state index contributed by atoms with van der Waals surface area (Å²) >= 11 is -1.19. The van der Waals surface area contributed by atoms with E-state index in [1.54, 1.807) is 0 Å². The first-order chi connectivity index (χ1) is 18.4. The molecular formula is C36H38Cl2O2Zr. The Bertz CT molecular complexity index is 1520. The largest absolute Gasteiger partial charge is 1.00 e. The van der Waals surface area contributed by atoms with Crippen molar-refractivity contribution in [2.45, 2.75) is 73.5 Å². The van der Waals surface area contributed by atoms with Gasteiger partial charge in [0.25, 0.3) is 0 Å². The van der Waals surface area contributed by atoms with Crippen molar-refractivity contribution >= 4 is 23.3 Å². The molecular weight excluding hydrogens is 627 g/mol. The molecule has 2 aromatic heterocycles. The molecule has 0 fully saturated rings. The Morgan fingerprint density at radius 3 is 1.27 bits per heavy atom. The van der Waals surface area contributed by atoms with Crippen LogP contribution in [0, 0.1) is 13.8 Å². The summed E-state index contributed by atoms with van der Waals surface area (Å²) < 4.78 is 13.4. The number of aryl methyl sites for hydroxylation is 2. The van der Waals surface area contributed by atoms with Crippen molar-refractivity contribution in [2.75, 3.05) is 0 Å². The third kappa shape index (κ3) is 5.80. The van der Waals surface area contributed by atoms with E-state index in [4.69, 9.17) is 8.83 Å². The Morgan fingerprint density at radius 1 is 0.561 bits per heavy atom. The zero-order valence-corrected chi connectivity index (χ0v) is 29.1. The summed E-state index contributed by atoms with van der Waals surface area (Å²) in [6.45, 7) is 18.0. The summed E-state index contributed by atoms with van der Waals surface area (Å²) in [6, 6.07) is 22.4. The van der Waals surface area contributed by atoms with Crippen molar-refractivity contribution in [3.63, 3.8) is 0 Å². The third-order valence-corrected chi connectivity index (χ3v) is 12.8. The quantitative estimate of drug-likeness (QED) is 0.329. The first-order valence-corrected chi connectivity index (χ1v) is 16.9. The van der Waals surface area contributed by atoms with E-state index >= 15 is 0 Å². The Balaban J connectivity index is 0.00000194. The number of benzene rings is 2. The SMILES string of the molecule is Cc1ccc(C2=Cc3c(cccc3C(C)(C)C)[CH]2[Zr+2][CH]2C(c3ccc(C)o3)=Cc3c2cccc3C(C)(C)C)o1.[Cl-].[Cl-]. The normalized spacial score (nSPS) is 17.6. The molecule has 2 aromatic carbocycles. The zero-order valence-electron chi connectivity index (χ0n) is 25.2. The van der Waals surface area contributed by atoms with Crippen molar-refractivity contribution in [3.05, 3.63) is 117 Å². The smallest absolute Gasteiger partial charge is 1.00 e. The fourth-order valence-electron chi connectivity index (χ4n) is 6.24. The average Bonchev–Trinajstić information content (AvgIpc) is 3.63. The Labute approximate surface area is 269 Å². The zero-order chi connectivity index (χ0) is 27.7. The molecule has 0 saturated heterocycles.